The van der Waals surface area contributed by atoms with Gasteiger partial charge in [-0.1, -0.05) is 11.6 Å². The van der Waals surface area contributed by atoms with Crippen molar-refractivity contribution in [1.82, 2.24) is 4.98 Å². The third-order valence-corrected chi connectivity index (χ3v) is 3.54. The smallest absolute Gasteiger partial charge is 0.310 e. The van der Waals surface area contributed by atoms with Gasteiger partial charge in [0.25, 0.3) is 0 Å². The van der Waals surface area contributed by atoms with Gasteiger partial charge >= 0.3 is 5.97 Å². The summed E-state index contributed by atoms with van der Waals surface area (Å²) >= 11 is 7.50. The van der Waals surface area contributed by atoms with Crippen LogP contribution in [0.25, 0.3) is 11.3 Å². The molecule has 1 heterocycles. The van der Waals surface area contributed by atoms with Gasteiger partial charge in [-0.3, -0.25) is 4.79 Å². The summed E-state index contributed by atoms with van der Waals surface area (Å²) in [7, 11) is 0. The van der Waals surface area contributed by atoms with Gasteiger partial charge in [-0.15, -0.1) is 11.3 Å². The average Bonchev–Trinajstić information content (AvgIpc) is 2.77. The molecule has 0 saturated carbocycles. The monoisotopic (exact) mass is 297 g/mol. The summed E-state index contributed by atoms with van der Waals surface area (Å²) in [6.45, 7) is 2.48. The fraction of sp³-hybridized carbons (Fsp3) is 0.231. The first-order valence-electron chi connectivity index (χ1n) is 5.69. The molecule has 0 amide bonds. The van der Waals surface area contributed by atoms with E-state index < -0.39 is 5.97 Å². The fourth-order valence-corrected chi connectivity index (χ4v) is 2.66. The van der Waals surface area contributed by atoms with Crippen molar-refractivity contribution in [3.05, 3.63) is 33.6 Å². The molecular weight excluding hydrogens is 286 g/mol. The van der Waals surface area contributed by atoms with Crippen LogP contribution in [0.4, 0.5) is 0 Å². The molecule has 0 bridgehead atoms. The van der Waals surface area contributed by atoms with E-state index >= 15 is 0 Å². The molecule has 0 saturated heterocycles. The number of hydrogen-bond acceptors (Lipinski definition) is 4. The Bertz CT molecular complexity index is 597. The van der Waals surface area contributed by atoms with Gasteiger partial charge in [-0.05, 0) is 25.1 Å². The van der Waals surface area contributed by atoms with E-state index in [1.165, 1.54) is 11.3 Å². The van der Waals surface area contributed by atoms with Gasteiger partial charge in [0.15, 0.2) is 0 Å². The zero-order valence-electron chi connectivity index (χ0n) is 10.2. The molecule has 0 fully saturated rings. The highest BCUT2D eigenvalue weighted by atomic mass is 35.5. The van der Waals surface area contributed by atoms with Crippen LogP contribution < -0.4 is 4.74 Å². The third-order valence-electron chi connectivity index (χ3n) is 2.38. The van der Waals surface area contributed by atoms with Crippen LogP contribution >= 0.6 is 22.9 Å². The number of hydrogen-bond donors (Lipinski definition) is 1. The second kappa shape index (κ2) is 6.04. The van der Waals surface area contributed by atoms with E-state index in [1.807, 2.05) is 19.1 Å². The number of carboxylic acids is 1. The van der Waals surface area contributed by atoms with Crippen LogP contribution in [0.3, 0.4) is 0 Å². The maximum Gasteiger partial charge on any atom is 0.310 e. The first-order valence-corrected chi connectivity index (χ1v) is 6.95. The largest absolute Gasteiger partial charge is 0.494 e. The van der Waals surface area contributed by atoms with Crippen LogP contribution in [0.1, 0.15) is 11.9 Å². The Morgan fingerprint density at radius 2 is 2.32 bits per heavy atom. The van der Waals surface area contributed by atoms with Gasteiger partial charge in [-0.25, -0.2) is 4.98 Å². The molecule has 0 aliphatic heterocycles. The number of rotatable bonds is 5. The van der Waals surface area contributed by atoms with E-state index in [2.05, 4.69) is 4.98 Å². The lowest BCUT2D eigenvalue weighted by molar-refractivity contribution is -0.136. The second-order valence-electron chi connectivity index (χ2n) is 3.77. The molecule has 100 valence electrons. The van der Waals surface area contributed by atoms with Gasteiger partial charge in [-0.2, -0.15) is 0 Å². The van der Waals surface area contributed by atoms with Crippen molar-refractivity contribution in [3.63, 3.8) is 0 Å². The minimum atomic E-state index is -0.890. The van der Waals surface area contributed by atoms with Crippen molar-refractivity contribution in [2.75, 3.05) is 6.61 Å². The molecule has 1 N–H and O–H groups in total. The van der Waals surface area contributed by atoms with E-state index in [0.717, 1.165) is 5.56 Å². The number of aliphatic carboxylic acids is 1. The summed E-state index contributed by atoms with van der Waals surface area (Å²) in [5.74, 6) is -0.184. The molecule has 6 heteroatoms. The second-order valence-corrected chi connectivity index (χ2v) is 5.12. The summed E-state index contributed by atoms with van der Waals surface area (Å²) in [6, 6.07) is 5.38. The van der Waals surface area contributed by atoms with Crippen LogP contribution in [-0.4, -0.2) is 22.7 Å². The Labute approximate surface area is 119 Å². The van der Waals surface area contributed by atoms with Crippen molar-refractivity contribution in [3.8, 4) is 17.0 Å². The first kappa shape index (κ1) is 13.8. The number of aromatic nitrogens is 1. The molecule has 0 atom stereocenters. The molecule has 4 nitrogen and oxygen atoms in total. The summed E-state index contributed by atoms with van der Waals surface area (Å²) in [4.78, 5) is 14.9. The molecule has 19 heavy (non-hydrogen) atoms. The predicted molar refractivity (Wildman–Crippen MR) is 75.1 cm³/mol. The van der Waals surface area contributed by atoms with Gasteiger partial charge in [0.1, 0.15) is 10.8 Å². The quantitative estimate of drug-likeness (QED) is 0.918. The van der Waals surface area contributed by atoms with E-state index in [0.29, 0.717) is 28.1 Å². The molecular formula is C13H12ClNO3S. The minimum Gasteiger partial charge on any atom is -0.494 e. The highest BCUT2D eigenvalue weighted by Gasteiger charge is 2.11. The molecule has 2 rings (SSSR count). The lowest BCUT2D eigenvalue weighted by Crippen LogP contribution is -1.99. The molecule has 1 aromatic heterocycles. The Kier molecular flexibility index (Phi) is 4.39. The average molecular weight is 298 g/mol. The van der Waals surface area contributed by atoms with Gasteiger partial charge in [0.2, 0.25) is 0 Å². The standard InChI is InChI=1S/C13H12ClNO3S/c1-2-18-8-3-4-9(10(14)5-8)11-7-19-12(15-11)6-13(16)17/h3-5,7H,2,6H2,1H3,(H,16,17). The van der Waals surface area contributed by atoms with Crippen LogP contribution in [0.2, 0.25) is 5.02 Å². The fourth-order valence-electron chi connectivity index (χ4n) is 1.61. The SMILES string of the molecule is CCOc1ccc(-c2csc(CC(=O)O)n2)c(Cl)c1. The maximum absolute atomic E-state index is 10.6. The Hall–Kier alpha value is -1.59. The highest BCUT2D eigenvalue weighted by molar-refractivity contribution is 7.10. The normalized spacial score (nSPS) is 10.4. The van der Waals surface area contributed by atoms with E-state index in [9.17, 15) is 4.79 Å². The van der Waals surface area contributed by atoms with Crippen molar-refractivity contribution in [2.24, 2.45) is 0 Å². The summed E-state index contributed by atoms with van der Waals surface area (Å²) in [5, 5.41) is 11.6. The Morgan fingerprint density at radius 3 is 2.95 bits per heavy atom. The number of nitrogens with zero attached hydrogens (tertiary/aromatic N) is 1. The van der Waals surface area contributed by atoms with Crippen LogP contribution in [0, 0.1) is 0 Å². The topological polar surface area (TPSA) is 59.4 Å². The summed E-state index contributed by atoms with van der Waals surface area (Å²) in [5.41, 5.74) is 1.47. The van der Waals surface area contributed by atoms with Crippen LogP contribution in [-0.2, 0) is 11.2 Å². The van der Waals surface area contributed by atoms with E-state index in [1.54, 1.807) is 11.4 Å². The molecule has 0 radical (unpaired) electrons. The van der Waals surface area contributed by atoms with Gasteiger partial charge in [0.05, 0.1) is 23.7 Å². The third kappa shape index (κ3) is 3.45. The molecule has 0 unspecified atom stereocenters. The number of halogens is 1. The molecule has 0 aliphatic carbocycles. The number of carbonyl (C=O) groups is 1. The predicted octanol–water partition coefficient (Wildman–Crippen LogP) is 3.49. The molecule has 1 aromatic carbocycles. The summed E-state index contributed by atoms with van der Waals surface area (Å²) < 4.78 is 5.36. The zero-order chi connectivity index (χ0) is 13.8. The van der Waals surface area contributed by atoms with Gasteiger partial charge < -0.3 is 9.84 Å². The summed E-state index contributed by atoms with van der Waals surface area (Å²) in [6.07, 6.45) is -0.0701. The zero-order valence-corrected chi connectivity index (χ0v) is 11.8. The van der Waals surface area contributed by atoms with E-state index in [-0.39, 0.29) is 6.42 Å². The van der Waals surface area contributed by atoms with Crippen LogP contribution in [0.15, 0.2) is 23.6 Å². The van der Waals surface area contributed by atoms with Crippen LogP contribution in [0.5, 0.6) is 5.75 Å². The van der Waals surface area contributed by atoms with Crippen molar-refractivity contribution >= 4 is 28.9 Å². The Morgan fingerprint density at radius 1 is 1.53 bits per heavy atom. The minimum absolute atomic E-state index is 0.0701. The van der Waals surface area contributed by atoms with Crippen molar-refractivity contribution in [2.45, 2.75) is 13.3 Å². The molecule has 2 aromatic rings. The number of carboxylic acid groups (broad SMARTS) is 1. The molecule has 0 aliphatic rings. The lowest BCUT2D eigenvalue weighted by atomic mass is 10.1. The lowest BCUT2D eigenvalue weighted by Gasteiger charge is -2.05. The maximum atomic E-state index is 10.6. The first-order chi connectivity index (χ1) is 9.10. The van der Waals surface area contributed by atoms with Gasteiger partial charge in [0, 0.05) is 10.9 Å². The Balaban J connectivity index is 2.26. The van der Waals surface area contributed by atoms with Crippen molar-refractivity contribution < 1.29 is 14.6 Å². The number of benzene rings is 1. The molecule has 0 spiro atoms. The van der Waals surface area contributed by atoms with E-state index in [4.69, 9.17) is 21.4 Å². The number of thiazole rings is 1. The number of ether oxygens (including phenoxy) is 1. The van der Waals surface area contributed by atoms with Crippen molar-refractivity contribution in [1.29, 1.82) is 0 Å². The highest BCUT2D eigenvalue weighted by Crippen LogP contribution is 2.32.